The lowest BCUT2D eigenvalue weighted by atomic mass is 10.1. The summed E-state index contributed by atoms with van der Waals surface area (Å²) in [4.78, 5) is 11.9. The van der Waals surface area contributed by atoms with Gasteiger partial charge in [-0.1, -0.05) is 30.3 Å². The number of anilines is 1. The second-order valence-corrected chi connectivity index (χ2v) is 6.49. The van der Waals surface area contributed by atoms with E-state index < -0.39 is 0 Å². The van der Waals surface area contributed by atoms with E-state index in [4.69, 9.17) is 14.7 Å². The molecule has 0 amide bonds. The Hall–Kier alpha value is -1.98. The van der Waals surface area contributed by atoms with Crippen LogP contribution >= 0.6 is 0 Å². The number of ether oxygens (including phenoxy) is 1. The molecule has 0 radical (unpaired) electrons. The molecule has 2 aliphatic rings. The zero-order valence-corrected chi connectivity index (χ0v) is 14.2. The van der Waals surface area contributed by atoms with Gasteiger partial charge in [0.05, 0.1) is 12.3 Å². The first-order valence-corrected chi connectivity index (χ1v) is 8.80. The van der Waals surface area contributed by atoms with Crippen molar-refractivity contribution in [2.75, 3.05) is 37.7 Å². The molecule has 0 spiro atoms. The first-order valence-electron chi connectivity index (χ1n) is 8.80. The Labute approximate surface area is 143 Å². The van der Waals surface area contributed by atoms with Crippen LogP contribution in [0.15, 0.2) is 30.3 Å². The van der Waals surface area contributed by atoms with Crippen LogP contribution in [0.25, 0.3) is 0 Å². The number of benzene rings is 1. The van der Waals surface area contributed by atoms with Gasteiger partial charge in [-0.3, -0.25) is 0 Å². The van der Waals surface area contributed by atoms with Gasteiger partial charge in [-0.05, 0) is 25.5 Å². The maximum Gasteiger partial charge on any atom is 0.135 e. The second kappa shape index (κ2) is 6.87. The number of fused-ring (bicyclic) bond motifs is 1. The fourth-order valence-corrected chi connectivity index (χ4v) is 3.62. The van der Waals surface area contributed by atoms with Gasteiger partial charge in [0.25, 0.3) is 0 Å². The molecule has 0 aliphatic carbocycles. The minimum Gasteiger partial charge on any atom is -0.370 e. The summed E-state index contributed by atoms with van der Waals surface area (Å²) in [5, 5.41) is 3.47. The lowest BCUT2D eigenvalue weighted by Crippen LogP contribution is -2.39. The summed E-state index contributed by atoms with van der Waals surface area (Å²) in [6.07, 6.45) is 2.09. The summed E-state index contributed by atoms with van der Waals surface area (Å²) in [6.45, 7) is 6.46. The number of nitrogens with one attached hydrogen (secondary N) is 1. The molecule has 5 heteroatoms. The Kier molecular flexibility index (Phi) is 4.45. The molecule has 0 saturated carbocycles. The summed E-state index contributed by atoms with van der Waals surface area (Å²) in [6, 6.07) is 10.5. The zero-order chi connectivity index (χ0) is 16.4. The fraction of sp³-hybridized carbons (Fsp3) is 0.474. The van der Waals surface area contributed by atoms with E-state index in [-0.39, 0.29) is 6.10 Å². The Morgan fingerprint density at radius 3 is 2.83 bits per heavy atom. The molecule has 2 aromatic rings. The van der Waals surface area contributed by atoms with Gasteiger partial charge in [0.1, 0.15) is 17.7 Å². The van der Waals surface area contributed by atoms with E-state index in [1.54, 1.807) is 0 Å². The normalized spacial score (nSPS) is 21.2. The highest BCUT2D eigenvalue weighted by Gasteiger charge is 2.26. The molecule has 1 fully saturated rings. The highest BCUT2D eigenvalue weighted by atomic mass is 16.5. The van der Waals surface area contributed by atoms with E-state index in [0.29, 0.717) is 0 Å². The standard InChI is InChI=1S/C19H24N4O/c1-14-21-17-8-10-20-9-7-16(17)19(22-14)23-11-12-24-18(13-23)15-5-3-2-4-6-15/h2-6,18,20H,7-13H2,1H3. The number of hydrogen-bond acceptors (Lipinski definition) is 5. The lowest BCUT2D eigenvalue weighted by molar-refractivity contribution is 0.0394. The van der Waals surface area contributed by atoms with Crippen molar-refractivity contribution in [2.24, 2.45) is 0 Å². The first-order chi connectivity index (χ1) is 11.8. The second-order valence-electron chi connectivity index (χ2n) is 6.49. The van der Waals surface area contributed by atoms with Gasteiger partial charge >= 0.3 is 0 Å². The van der Waals surface area contributed by atoms with Crippen LogP contribution in [0.3, 0.4) is 0 Å². The van der Waals surface area contributed by atoms with Gasteiger partial charge in [0.15, 0.2) is 0 Å². The van der Waals surface area contributed by atoms with Gasteiger partial charge in [-0.15, -0.1) is 0 Å². The Balaban J connectivity index is 1.64. The largest absolute Gasteiger partial charge is 0.370 e. The Bertz CT molecular complexity index is 704. The van der Waals surface area contributed by atoms with Gasteiger partial charge in [-0.2, -0.15) is 0 Å². The average molecular weight is 324 g/mol. The van der Waals surface area contributed by atoms with Crippen molar-refractivity contribution in [1.82, 2.24) is 15.3 Å². The molecule has 0 bridgehead atoms. The molecule has 1 aromatic carbocycles. The zero-order valence-electron chi connectivity index (χ0n) is 14.2. The molecule has 126 valence electrons. The summed E-state index contributed by atoms with van der Waals surface area (Å²) in [5.41, 5.74) is 3.77. The number of nitrogens with zero attached hydrogens (tertiary/aromatic N) is 3. The third-order valence-corrected chi connectivity index (χ3v) is 4.81. The van der Waals surface area contributed by atoms with Crippen molar-refractivity contribution in [2.45, 2.75) is 25.9 Å². The van der Waals surface area contributed by atoms with Crippen molar-refractivity contribution in [3.05, 3.63) is 53.0 Å². The van der Waals surface area contributed by atoms with E-state index in [0.717, 1.165) is 57.3 Å². The van der Waals surface area contributed by atoms with Crippen molar-refractivity contribution >= 4 is 5.82 Å². The maximum absolute atomic E-state index is 6.02. The van der Waals surface area contributed by atoms with Crippen molar-refractivity contribution < 1.29 is 4.74 Å². The molecule has 1 saturated heterocycles. The Morgan fingerprint density at radius 1 is 1.12 bits per heavy atom. The maximum atomic E-state index is 6.02. The van der Waals surface area contributed by atoms with Gasteiger partial charge in [0.2, 0.25) is 0 Å². The summed E-state index contributed by atoms with van der Waals surface area (Å²) >= 11 is 0. The molecular weight excluding hydrogens is 300 g/mol. The molecule has 1 unspecified atom stereocenters. The topological polar surface area (TPSA) is 50.3 Å². The highest BCUT2D eigenvalue weighted by molar-refractivity contribution is 5.51. The molecule has 5 nitrogen and oxygen atoms in total. The number of rotatable bonds is 2. The molecule has 1 atom stereocenters. The van der Waals surface area contributed by atoms with E-state index >= 15 is 0 Å². The number of morpholine rings is 1. The summed E-state index contributed by atoms with van der Waals surface area (Å²) in [5.74, 6) is 1.99. The summed E-state index contributed by atoms with van der Waals surface area (Å²) < 4.78 is 6.02. The van der Waals surface area contributed by atoms with Gasteiger partial charge < -0.3 is 15.0 Å². The van der Waals surface area contributed by atoms with E-state index in [2.05, 4.69) is 34.5 Å². The van der Waals surface area contributed by atoms with Crippen LogP contribution in [-0.4, -0.2) is 42.8 Å². The predicted octanol–water partition coefficient (Wildman–Crippen LogP) is 2.05. The predicted molar refractivity (Wildman–Crippen MR) is 94.4 cm³/mol. The number of hydrogen-bond donors (Lipinski definition) is 1. The number of aromatic nitrogens is 2. The monoisotopic (exact) mass is 324 g/mol. The molecule has 24 heavy (non-hydrogen) atoms. The molecule has 1 aromatic heterocycles. The van der Waals surface area contributed by atoms with Gasteiger partial charge in [0, 0.05) is 31.6 Å². The highest BCUT2D eigenvalue weighted by Crippen LogP contribution is 2.29. The van der Waals surface area contributed by atoms with E-state index in [1.807, 2.05) is 13.0 Å². The minimum absolute atomic E-state index is 0.106. The Morgan fingerprint density at radius 2 is 1.96 bits per heavy atom. The van der Waals surface area contributed by atoms with Crippen molar-refractivity contribution in [3.8, 4) is 0 Å². The fourth-order valence-electron chi connectivity index (χ4n) is 3.62. The third-order valence-electron chi connectivity index (χ3n) is 4.81. The lowest BCUT2D eigenvalue weighted by Gasteiger charge is -2.35. The first kappa shape index (κ1) is 15.5. The summed E-state index contributed by atoms with van der Waals surface area (Å²) in [7, 11) is 0. The molecule has 4 rings (SSSR count). The van der Waals surface area contributed by atoms with Crippen LogP contribution in [0.5, 0.6) is 0 Å². The van der Waals surface area contributed by atoms with Crippen LogP contribution in [0.4, 0.5) is 5.82 Å². The van der Waals surface area contributed by atoms with E-state index in [9.17, 15) is 0 Å². The average Bonchev–Trinajstić information content (AvgIpc) is 2.87. The van der Waals surface area contributed by atoms with Crippen molar-refractivity contribution in [3.63, 3.8) is 0 Å². The smallest absolute Gasteiger partial charge is 0.135 e. The number of aryl methyl sites for hydroxylation is 1. The quantitative estimate of drug-likeness (QED) is 0.916. The van der Waals surface area contributed by atoms with E-state index in [1.165, 1.54) is 16.8 Å². The molecular formula is C19H24N4O. The van der Waals surface area contributed by atoms with Crippen LogP contribution in [-0.2, 0) is 17.6 Å². The van der Waals surface area contributed by atoms with Gasteiger partial charge in [-0.25, -0.2) is 9.97 Å². The van der Waals surface area contributed by atoms with Crippen LogP contribution < -0.4 is 10.2 Å². The van der Waals surface area contributed by atoms with Crippen molar-refractivity contribution in [1.29, 1.82) is 0 Å². The van der Waals surface area contributed by atoms with Crippen LogP contribution in [0, 0.1) is 6.92 Å². The van der Waals surface area contributed by atoms with Crippen LogP contribution in [0.1, 0.15) is 28.7 Å². The molecule has 2 aliphatic heterocycles. The SMILES string of the molecule is Cc1nc2c(c(N3CCOC(c4ccccc4)C3)n1)CCNCC2. The molecule has 1 N–H and O–H groups in total. The minimum atomic E-state index is 0.106. The van der Waals surface area contributed by atoms with Crippen LogP contribution in [0.2, 0.25) is 0 Å². The molecule has 3 heterocycles. The third kappa shape index (κ3) is 3.14.